The van der Waals surface area contributed by atoms with Crippen LogP contribution in [0.2, 0.25) is 5.02 Å². The van der Waals surface area contributed by atoms with E-state index in [4.69, 9.17) is 16.3 Å². The molecule has 0 radical (unpaired) electrons. The average molecular weight is 371 g/mol. The van der Waals surface area contributed by atoms with Crippen LogP contribution in [-0.4, -0.2) is 29.9 Å². The molecule has 0 saturated carbocycles. The number of alkyl carbamates (subject to hydrolysis) is 1. The lowest BCUT2D eigenvalue weighted by Crippen LogP contribution is -2.36. The van der Waals surface area contributed by atoms with Crippen LogP contribution in [0.1, 0.15) is 45.2 Å². The zero-order chi connectivity index (χ0) is 17.7. The second-order valence-corrected chi connectivity index (χ2v) is 8.19. The molecule has 1 aromatic rings. The Bertz CT molecular complexity index is 616. The van der Waals surface area contributed by atoms with E-state index in [0.717, 1.165) is 22.6 Å². The van der Waals surface area contributed by atoms with Crippen molar-refractivity contribution >= 4 is 35.4 Å². The van der Waals surface area contributed by atoms with Gasteiger partial charge in [-0.2, -0.15) is 0 Å². The zero-order valence-corrected chi connectivity index (χ0v) is 15.7. The molecule has 7 heteroatoms. The highest BCUT2D eigenvalue weighted by molar-refractivity contribution is 7.99. The molecule has 5 nitrogen and oxygen atoms in total. The molecule has 132 valence electrons. The van der Waals surface area contributed by atoms with Crippen molar-refractivity contribution in [2.24, 2.45) is 0 Å². The maximum absolute atomic E-state index is 12.1. The lowest BCUT2D eigenvalue weighted by molar-refractivity contribution is -0.121. The van der Waals surface area contributed by atoms with Gasteiger partial charge in [0.25, 0.3) is 0 Å². The molecule has 1 aromatic carbocycles. The molecule has 2 N–H and O–H groups in total. The molecule has 2 amide bonds. The molecule has 24 heavy (non-hydrogen) atoms. The molecule has 1 aliphatic heterocycles. The Labute approximate surface area is 151 Å². The minimum atomic E-state index is -0.547. The van der Waals surface area contributed by atoms with Gasteiger partial charge >= 0.3 is 6.09 Å². The summed E-state index contributed by atoms with van der Waals surface area (Å²) in [6.45, 7) is 5.62. The highest BCUT2D eigenvalue weighted by Gasteiger charge is 2.22. The van der Waals surface area contributed by atoms with Gasteiger partial charge < -0.3 is 15.4 Å². The number of fused-ring (bicyclic) bond motifs is 1. The van der Waals surface area contributed by atoms with Crippen molar-refractivity contribution in [3.05, 3.63) is 28.8 Å². The number of hydrogen-bond donors (Lipinski definition) is 2. The van der Waals surface area contributed by atoms with Gasteiger partial charge in [0.05, 0.1) is 6.04 Å². The van der Waals surface area contributed by atoms with Crippen molar-refractivity contribution < 1.29 is 14.3 Å². The molecule has 0 bridgehead atoms. The molecule has 2 rings (SSSR count). The van der Waals surface area contributed by atoms with Gasteiger partial charge in [-0.1, -0.05) is 11.6 Å². The third-order valence-corrected chi connectivity index (χ3v) is 4.72. The van der Waals surface area contributed by atoms with E-state index in [1.54, 1.807) is 32.5 Å². The lowest BCUT2D eigenvalue weighted by atomic mass is 10.0. The quantitative estimate of drug-likeness (QED) is 0.843. The van der Waals surface area contributed by atoms with Crippen LogP contribution in [0.5, 0.6) is 0 Å². The van der Waals surface area contributed by atoms with E-state index in [2.05, 4.69) is 10.6 Å². The number of ether oxygens (including phenoxy) is 1. The first kappa shape index (κ1) is 18.9. The molecular formula is C17H23ClN2O3S. The Hall–Kier alpha value is -1.40. The van der Waals surface area contributed by atoms with Gasteiger partial charge in [-0.05, 0) is 51.0 Å². The number of carbonyl (C=O) groups excluding carboxylic acids is 2. The maximum atomic E-state index is 12.1. The van der Waals surface area contributed by atoms with Crippen molar-refractivity contribution in [2.75, 3.05) is 12.3 Å². The number of halogens is 1. The maximum Gasteiger partial charge on any atom is 0.407 e. The Morgan fingerprint density at radius 1 is 1.38 bits per heavy atom. The Morgan fingerprint density at radius 3 is 2.83 bits per heavy atom. The fourth-order valence-electron chi connectivity index (χ4n) is 2.37. The SMILES string of the molecule is CC(C)(C)OC(=O)NCCC(=O)NC1CCSc2ccc(Cl)cc21. The number of carbonyl (C=O) groups is 2. The monoisotopic (exact) mass is 370 g/mol. The van der Waals surface area contributed by atoms with Gasteiger partial charge in [0.15, 0.2) is 0 Å². The summed E-state index contributed by atoms with van der Waals surface area (Å²) in [4.78, 5) is 24.8. The van der Waals surface area contributed by atoms with Crippen LogP contribution in [0, 0.1) is 0 Å². The lowest BCUT2D eigenvalue weighted by Gasteiger charge is -2.26. The van der Waals surface area contributed by atoms with Crippen molar-refractivity contribution in [2.45, 2.75) is 50.2 Å². The van der Waals surface area contributed by atoms with Crippen LogP contribution in [0.4, 0.5) is 4.79 Å². The Morgan fingerprint density at radius 2 is 2.12 bits per heavy atom. The molecule has 0 aliphatic carbocycles. The number of benzene rings is 1. The van der Waals surface area contributed by atoms with Gasteiger partial charge in [0, 0.05) is 28.6 Å². The van der Waals surface area contributed by atoms with Crippen molar-refractivity contribution in [1.29, 1.82) is 0 Å². The summed E-state index contributed by atoms with van der Waals surface area (Å²) in [5, 5.41) is 6.28. The second-order valence-electron chi connectivity index (χ2n) is 6.62. The van der Waals surface area contributed by atoms with Gasteiger partial charge in [-0.25, -0.2) is 4.79 Å². The summed E-state index contributed by atoms with van der Waals surface area (Å²) in [5.74, 6) is 0.851. The molecule has 1 heterocycles. The van der Waals surface area contributed by atoms with E-state index in [9.17, 15) is 9.59 Å². The smallest absolute Gasteiger partial charge is 0.407 e. The molecule has 0 saturated heterocycles. The van der Waals surface area contributed by atoms with E-state index in [1.807, 2.05) is 18.2 Å². The summed E-state index contributed by atoms with van der Waals surface area (Å²) in [6.07, 6.45) is 0.559. The number of amides is 2. The highest BCUT2D eigenvalue weighted by Crippen LogP contribution is 2.37. The van der Waals surface area contributed by atoms with Gasteiger partial charge in [-0.3, -0.25) is 4.79 Å². The number of thioether (sulfide) groups is 1. The van der Waals surface area contributed by atoms with Crippen LogP contribution in [0.15, 0.2) is 23.1 Å². The van der Waals surface area contributed by atoms with E-state index in [1.165, 1.54) is 0 Å². The first-order valence-corrected chi connectivity index (χ1v) is 9.29. The van der Waals surface area contributed by atoms with Crippen molar-refractivity contribution in [1.82, 2.24) is 10.6 Å². The normalized spacial score (nSPS) is 16.9. The van der Waals surface area contributed by atoms with Crippen LogP contribution in [0.3, 0.4) is 0 Å². The zero-order valence-electron chi connectivity index (χ0n) is 14.1. The molecule has 1 atom stereocenters. The number of rotatable bonds is 4. The van der Waals surface area contributed by atoms with E-state index >= 15 is 0 Å². The van der Waals surface area contributed by atoms with E-state index in [0.29, 0.717) is 5.02 Å². The summed E-state index contributed by atoms with van der Waals surface area (Å²) >= 11 is 7.84. The van der Waals surface area contributed by atoms with Gasteiger partial charge in [-0.15, -0.1) is 11.8 Å². The first-order valence-electron chi connectivity index (χ1n) is 7.93. The number of nitrogens with one attached hydrogen (secondary N) is 2. The highest BCUT2D eigenvalue weighted by atomic mass is 35.5. The summed E-state index contributed by atoms with van der Waals surface area (Å²) in [6, 6.07) is 5.73. The van der Waals surface area contributed by atoms with Crippen LogP contribution >= 0.6 is 23.4 Å². The first-order chi connectivity index (χ1) is 11.2. The minimum Gasteiger partial charge on any atom is -0.444 e. The van der Waals surface area contributed by atoms with Gasteiger partial charge in [0.1, 0.15) is 5.60 Å². The number of hydrogen-bond acceptors (Lipinski definition) is 4. The molecule has 0 aromatic heterocycles. The standard InChI is InChI=1S/C17H23ClN2O3S/c1-17(2,3)23-16(22)19-8-6-15(21)20-13-7-9-24-14-5-4-11(18)10-12(13)14/h4-5,10,13H,6-9H2,1-3H3,(H,19,22)(H,20,21). The van der Waals surface area contributed by atoms with Crippen molar-refractivity contribution in [3.8, 4) is 0 Å². The van der Waals surface area contributed by atoms with E-state index < -0.39 is 11.7 Å². The summed E-state index contributed by atoms with van der Waals surface area (Å²) < 4.78 is 5.13. The fourth-order valence-corrected chi connectivity index (χ4v) is 3.66. The summed E-state index contributed by atoms with van der Waals surface area (Å²) in [7, 11) is 0. The second kappa shape index (κ2) is 8.12. The van der Waals surface area contributed by atoms with E-state index in [-0.39, 0.29) is 24.9 Å². The molecule has 1 aliphatic rings. The predicted molar refractivity (Wildman–Crippen MR) is 96.5 cm³/mol. The third kappa shape index (κ3) is 5.91. The minimum absolute atomic E-state index is 0.0334. The topological polar surface area (TPSA) is 67.4 Å². The van der Waals surface area contributed by atoms with Crippen molar-refractivity contribution in [3.63, 3.8) is 0 Å². The molecular weight excluding hydrogens is 348 g/mol. The van der Waals surface area contributed by atoms with Crippen LogP contribution in [-0.2, 0) is 9.53 Å². The fraction of sp³-hybridized carbons (Fsp3) is 0.529. The largest absolute Gasteiger partial charge is 0.444 e. The average Bonchev–Trinajstić information content (AvgIpc) is 2.46. The third-order valence-electron chi connectivity index (χ3n) is 3.37. The Balaban J connectivity index is 1.82. The summed E-state index contributed by atoms with van der Waals surface area (Å²) in [5.41, 5.74) is 0.516. The predicted octanol–water partition coefficient (Wildman–Crippen LogP) is 3.91. The molecule has 0 fully saturated rings. The molecule has 0 spiro atoms. The molecule has 1 unspecified atom stereocenters. The Kier molecular flexibility index (Phi) is 6.40. The van der Waals surface area contributed by atoms with Gasteiger partial charge in [0.2, 0.25) is 5.91 Å². The van der Waals surface area contributed by atoms with Crippen LogP contribution < -0.4 is 10.6 Å². The van der Waals surface area contributed by atoms with Crippen LogP contribution in [0.25, 0.3) is 0 Å².